The van der Waals surface area contributed by atoms with E-state index in [0.717, 1.165) is 34.9 Å². The highest BCUT2D eigenvalue weighted by Crippen LogP contribution is 2.30. The normalized spacial score (nSPS) is 17.4. The predicted octanol–water partition coefficient (Wildman–Crippen LogP) is 3.09. The maximum atomic E-state index is 13.3. The van der Waals surface area contributed by atoms with Crippen LogP contribution in [0.25, 0.3) is 33.2 Å². The van der Waals surface area contributed by atoms with E-state index in [9.17, 15) is 9.59 Å². The van der Waals surface area contributed by atoms with Gasteiger partial charge in [0.1, 0.15) is 0 Å². The van der Waals surface area contributed by atoms with E-state index in [1.807, 2.05) is 25.2 Å². The fourth-order valence-electron chi connectivity index (χ4n) is 4.59. The molecular weight excluding hydrogens is 494 g/mol. The van der Waals surface area contributed by atoms with Gasteiger partial charge >= 0.3 is 6.09 Å². The van der Waals surface area contributed by atoms with Gasteiger partial charge in [-0.05, 0) is 30.7 Å². The van der Waals surface area contributed by atoms with Crippen LogP contribution in [0, 0.1) is 0 Å². The molecule has 2 saturated heterocycles. The van der Waals surface area contributed by atoms with E-state index in [0.29, 0.717) is 60.6 Å². The van der Waals surface area contributed by atoms with Crippen LogP contribution in [0.1, 0.15) is 16.8 Å². The second kappa shape index (κ2) is 9.60. The number of carbonyl (C=O) groups excluding carboxylic acids is 2. The van der Waals surface area contributed by atoms with Gasteiger partial charge in [-0.3, -0.25) is 9.48 Å². The third-order valence-corrected chi connectivity index (χ3v) is 7.20. The lowest BCUT2D eigenvalue weighted by atomic mass is 10.1. The third kappa shape index (κ3) is 4.82. The van der Waals surface area contributed by atoms with Crippen molar-refractivity contribution in [2.24, 2.45) is 7.05 Å². The number of nitrogens with zero attached hydrogens (tertiary/aromatic N) is 6. The number of hydrogen-bond donors (Lipinski definition) is 1. The number of pyridine rings is 2. The number of nitrogens with one attached hydrogen (secondary N) is 1. The van der Waals surface area contributed by atoms with E-state index in [-0.39, 0.29) is 12.0 Å². The van der Waals surface area contributed by atoms with E-state index in [4.69, 9.17) is 21.3 Å². The molecule has 0 aliphatic carbocycles. The van der Waals surface area contributed by atoms with E-state index in [1.54, 1.807) is 39.0 Å². The summed E-state index contributed by atoms with van der Waals surface area (Å²) in [6, 6.07) is 9.63. The molecule has 0 saturated carbocycles. The van der Waals surface area contributed by atoms with Crippen LogP contribution in [0.3, 0.4) is 0 Å². The Balaban J connectivity index is 1.17. The smallest absolute Gasteiger partial charge is 0.409 e. The average molecular weight is 520 g/mol. The van der Waals surface area contributed by atoms with Gasteiger partial charge < -0.3 is 19.9 Å². The molecule has 1 aromatic carbocycles. The molecule has 0 radical (unpaired) electrons. The fraction of sp³-hybridized carbons (Fsp3) is 0.346. The molecule has 2 amide bonds. The summed E-state index contributed by atoms with van der Waals surface area (Å²) in [4.78, 5) is 38.3. The molecule has 2 aliphatic rings. The van der Waals surface area contributed by atoms with Gasteiger partial charge in [0.05, 0.1) is 29.0 Å². The Labute approximate surface area is 218 Å². The standard InChI is InChI=1S/C26H26ClN7O3/c1-32-24-18(14-30-32)10-17(13-29-24)22-12-21(27)20-3-2-16(11-23(20)31-22)25(35)33-5-7-34(8-6-33)26(36)37-9-4-19-15-28-19/h2-3,10-14,19,28H,4-9,15H2,1H3. The number of piperazine rings is 1. The van der Waals surface area contributed by atoms with Crippen molar-refractivity contribution in [1.82, 2.24) is 34.9 Å². The van der Waals surface area contributed by atoms with Crippen LogP contribution in [-0.4, -0.2) is 86.9 Å². The van der Waals surface area contributed by atoms with Gasteiger partial charge in [-0.2, -0.15) is 5.10 Å². The quantitative estimate of drug-likeness (QED) is 0.403. The molecule has 1 unspecified atom stereocenters. The zero-order chi connectivity index (χ0) is 25.5. The number of amides is 2. The van der Waals surface area contributed by atoms with Gasteiger partial charge in [0.25, 0.3) is 5.91 Å². The van der Waals surface area contributed by atoms with E-state index in [1.165, 1.54) is 0 Å². The molecule has 0 spiro atoms. The van der Waals surface area contributed by atoms with Crippen molar-refractivity contribution >= 4 is 45.5 Å². The minimum absolute atomic E-state index is 0.100. The maximum Gasteiger partial charge on any atom is 0.409 e. The molecule has 4 aromatic rings. The van der Waals surface area contributed by atoms with Gasteiger partial charge in [-0.25, -0.2) is 14.8 Å². The molecular formula is C26H26ClN7O3. The Morgan fingerprint density at radius 2 is 1.89 bits per heavy atom. The number of benzene rings is 1. The monoisotopic (exact) mass is 519 g/mol. The van der Waals surface area contributed by atoms with Crippen molar-refractivity contribution < 1.29 is 14.3 Å². The number of aromatic nitrogens is 4. The van der Waals surface area contributed by atoms with Crippen molar-refractivity contribution in [3.63, 3.8) is 0 Å². The number of halogens is 1. The zero-order valence-corrected chi connectivity index (χ0v) is 21.1. The van der Waals surface area contributed by atoms with Crippen molar-refractivity contribution in [1.29, 1.82) is 0 Å². The van der Waals surface area contributed by atoms with Crippen LogP contribution in [0.2, 0.25) is 5.02 Å². The van der Waals surface area contributed by atoms with Gasteiger partial charge in [-0.15, -0.1) is 0 Å². The lowest BCUT2D eigenvalue weighted by Gasteiger charge is -2.34. The Kier molecular flexibility index (Phi) is 6.13. The maximum absolute atomic E-state index is 13.3. The van der Waals surface area contributed by atoms with Crippen LogP contribution in [0.4, 0.5) is 4.79 Å². The molecule has 2 aliphatic heterocycles. The first-order chi connectivity index (χ1) is 18.0. The predicted molar refractivity (Wildman–Crippen MR) is 139 cm³/mol. The summed E-state index contributed by atoms with van der Waals surface area (Å²) in [6.45, 7) is 3.18. The van der Waals surface area contributed by atoms with Crippen molar-refractivity contribution in [2.75, 3.05) is 39.3 Å². The lowest BCUT2D eigenvalue weighted by Crippen LogP contribution is -2.50. The summed E-state index contributed by atoms with van der Waals surface area (Å²) >= 11 is 6.59. The molecule has 10 nitrogen and oxygen atoms in total. The average Bonchev–Trinajstić information content (AvgIpc) is 3.68. The first kappa shape index (κ1) is 23.6. The Hall–Kier alpha value is -3.76. The molecule has 190 valence electrons. The highest BCUT2D eigenvalue weighted by atomic mass is 35.5. The highest BCUT2D eigenvalue weighted by Gasteiger charge is 2.27. The topological polar surface area (TPSA) is 115 Å². The van der Waals surface area contributed by atoms with E-state index >= 15 is 0 Å². The number of carbonyl (C=O) groups is 2. The molecule has 1 N–H and O–H groups in total. The second-order valence-corrected chi connectivity index (χ2v) is 9.82. The van der Waals surface area contributed by atoms with Gasteiger partial charge in [0.15, 0.2) is 5.65 Å². The minimum atomic E-state index is -0.316. The summed E-state index contributed by atoms with van der Waals surface area (Å²) in [7, 11) is 1.85. The van der Waals surface area contributed by atoms with Gasteiger partial charge in [0.2, 0.25) is 0 Å². The van der Waals surface area contributed by atoms with Gasteiger partial charge in [0, 0.05) is 73.9 Å². The van der Waals surface area contributed by atoms with Crippen molar-refractivity contribution in [2.45, 2.75) is 12.5 Å². The first-order valence-corrected chi connectivity index (χ1v) is 12.7. The number of ether oxygens (including phenoxy) is 1. The Bertz CT molecular complexity index is 1510. The molecule has 0 bridgehead atoms. The van der Waals surface area contributed by atoms with Crippen LogP contribution < -0.4 is 5.32 Å². The van der Waals surface area contributed by atoms with Gasteiger partial charge in [-0.1, -0.05) is 17.7 Å². The summed E-state index contributed by atoms with van der Waals surface area (Å²) in [5.74, 6) is -0.100. The summed E-state index contributed by atoms with van der Waals surface area (Å²) < 4.78 is 7.07. The number of hydrogen-bond acceptors (Lipinski definition) is 7. The van der Waals surface area contributed by atoms with Crippen LogP contribution in [0.5, 0.6) is 0 Å². The Morgan fingerprint density at radius 3 is 2.68 bits per heavy atom. The van der Waals surface area contributed by atoms with E-state index in [2.05, 4.69) is 15.4 Å². The van der Waals surface area contributed by atoms with Crippen LogP contribution >= 0.6 is 11.6 Å². The third-order valence-electron chi connectivity index (χ3n) is 6.88. The Morgan fingerprint density at radius 1 is 1.11 bits per heavy atom. The molecule has 5 heterocycles. The van der Waals surface area contributed by atoms with Crippen LogP contribution in [-0.2, 0) is 11.8 Å². The number of rotatable bonds is 5. The van der Waals surface area contributed by atoms with Crippen molar-refractivity contribution in [3.8, 4) is 11.3 Å². The lowest BCUT2D eigenvalue weighted by molar-refractivity contribution is 0.0558. The number of aryl methyl sites for hydroxylation is 1. The fourth-order valence-corrected chi connectivity index (χ4v) is 4.86. The second-order valence-electron chi connectivity index (χ2n) is 9.41. The number of fused-ring (bicyclic) bond motifs is 2. The molecule has 37 heavy (non-hydrogen) atoms. The zero-order valence-electron chi connectivity index (χ0n) is 20.4. The van der Waals surface area contributed by atoms with Crippen molar-refractivity contribution in [3.05, 3.63) is 53.3 Å². The van der Waals surface area contributed by atoms with E-state index < -0.39 is 0 Å². The molecule has 2 fully saturated rings. The SMILES string of the molecule is Cn1ncc2cc(-c3cc(Cl)c4ccc(C(=O)N5CCN(C(=O)OCCC6CN6)CC5)cc4n3)cnc21. The minimum Gasteiger partial charge on any atom is -0.449 e. The molecule has 6 rings (SSSR count). The largest absolute Gasteiger partial charge is 0.449 e. The summed E-state index contributed by atoms with van der Waals surface area (Å²) in [5.41, 5.74) is 3.43. The first-order valence-electron chi connectivity index (χ1n) is 12.3. The highest BCUT2D eigenvalue weighted by molar-refractivity contribution is 6.35. The summed E-state index contributed by atoms with van der Waals surface area (Å²) in [5, 5.41) is 9.66. The molecule has 3 aromatic heterocycles. The van der Waals surface area contributed by atoms with Crippen LogP contribution in [0.15, 0.2) is 42.7 Å². The summed E-state index contributed by atoms with van der Waals surface area (Å²) in [6.07, 6.45) is 4.03. The molecule has 11 heteroatoms. The molecule has 1 atom stereocenters.